The van der Waals surface area contributed by atoms with Crippen LogP contribution in [0.25, 0.3) is 11.3 Å². The number of pyridine rings is 1. The van der Waals surface area contributed by atoms with Gasteiger partial charge in [0.05, 0.1) is 5.69 Å². The van der Waals surface area contributed by atoms with Crippen molar-refractivity contribution in [3.63, 3.8) is 0 Å². The molecule has 0 atom stereocenters. The first-order valence-corrected chi connectivity index (χ1v) is 9.58. The van der Waals surface area contributed by atoms with Crippen LogP contribution in [0.15, 0.2) is 66.9 Å². The lowest BCUT2D eigenvalue weighted by atomic mass is 9.85. The second-order valence-electron chi connectivity index (χ2n) is 9.18. The van der Waals surface area contributed by atoms with Crippen LogP contribution in [0.5, 0.6) is 0 Å². The van der Waals surface area contributed by atoms with E-state index in [1.54, 1.807) is 0 Å². The van der Waals surface area contributed by atoms with E-state index in [2.05, 4.69) is 100 Å². The van der Waals surface area contributed by atoms with Crippen molar-refractivity contribution in [3.05, 3.63) is 78.0 Å². The molecule has 0 aliphatic heterocycles. The van der Waals surface area contributed by atoms with Crippen LogP contribution in [0.3, 0.4) is 0 Å². The molecule has 0 bridgehead atoms. The Morgan fingerprint density at radius 1 is 0.704 bits per heavy atom. The van der Waals surface area contributed by atoms with E-state index in [1.165, 1.54) is 11.1 Å². The summed E-state index contributed by atoms with van der Waals surface area (Å²) >= 11 is 0. The van der Waals surface area contributed by atoms with Crippen LogP contribution in [-0.2, 0) is 10.8 Å². The fourth-order valence-corrected chi connectivity index (χ4v) is 3.06. The largest absolute Gasteiger partial charge is 0.355 e. The van der Waals surface area contributed by atoms with Crippen LogP contribution in [0.4, 0.5) is 11.4 Å². The average molecular weight is 359 g/mol. The summed E-state index contributed by atoms with van der Waals surface area (Å²) in [4.78, 5) is 4.58. The van der Waals surface area contributed by atoms with E-state index in [1.807, 2.05) is 18.3 Å². The Labute approximate surface area is 163 Å². The van der Waals surface area contributed by atoms with E-state index in [0.29, 0.717) is 0 Å². The van der Waals surface area contributed by atoms with Gasteiger partial charge in [-0.25, -0.2) is 0 Å². The maximum Gasteiger partial charge on any atom is 0.0722 e. The Kier molecular flexibility index (Phi) is 5.10. The summed E-state index contributed by atoms with van der Waals surface area (Å²) in [5, 5.41) is 3.59. The number of nitrogens with one attached hydrogen (secondary N) is 1. The molecule has 2 nitrogen and oxygen atoms in total. The van der Waals surface area contributed by atoms with Crippen LogP contribution in [0, 0.1) is 0 Å². The number of benzene rings is 2. The van der Waals surface area contributed by atoms with Gasteiger partial charge < -0.3 is 5.32 Å². The SMILES string of the molecule is CC(C)(C)c1ccc(Nc2ccc(C(C)(C)C)cc2-c2ccccn2)cc1. The molecular formula is C25H30N2. The number of hydrogen-bond acceptors (Lipinski definition) is 2. The maximum atomic E-state index is 4.58. The van der Waals surface area contributed by atoms with Gasteiger partial charge in [-0.05, 0) is 58.4 Å². The minimum absolute atomic E-state index is 0.0937. The van der Waals surface area contributed by atoms with Gasteiger partial charge in [0.15, 0.2) is 0 Å². The third kappa shape index (κ3) is 4.57. The Bertz CT molecular complexity index is 896. The zero-order valence-corrected chi connectivity index (χ0v) is 17.3. The molecule has 2 heteroatoms. The summed E-state index contributed by atoms with van der Waals surface area (Å²) in [6, 6.07) is 21.4. The Morgan fingerprint density at radius 2 is 1.33 bits per heavy atom. The highest BCUT2D eigenvalue weighted by Crippen LogP contribution is 2.34. The molecule has 140 valence electrons. The lowest BCUT2D eigenvalue weighted by Crippen LogP contribution is -2.11. The minimum Gasteiger partial charge on any atom is -0.355 e. The van der Waals surface area contributed by atoms with E-state index in [4.69, 9.17) is 0 Å². The number of anilines is 2. The maximum absolute atomic E-state index is 4.58. The van der Waals surface area contributed by atoms with Gasteiger partial charge in [-0.15, -0.1) is 0 Å². The summed E-state index contributed by atoms with van der Waals surface area (Å²) in [5.41, 5.74) is 7.16. The van der Waals surface area contributed by atoms with E-state index < -0.39 is 0 Å². The molecule has 2 aromatic carbocycles. The quantitative estimate of drug-likeness (QED) is 0.540. The highest BCUT2D eigenvalue weighted by Gasteiger charge is 2.17. The van der Waals surface area contributed by atoms with Crippen molar-refractivity contribution >= 4 is 11.4 Å². The topological polar surface area (TPSA) is 24.9 Å². The zero-order chi connectivity index (χ0) is 19.7. The molecule has 0 amide bonds. The fraction of sp³-hybridized carbons (Fsp3) is 0.320. The predicted molar refractivity (Wildman–Crippen MR) is 117 cm³/mol. The average Bonchev–Trinajstić information content (AvgIpc) is 2.61. The minimum atomic E-state index is 0.0937. The first-order valence-electron chi connectivity index (χ1n) is 9.58. The van der Waals surface area contributed by atoms with Crippen LogP contribution in [-0.4, -0.2) is 4.98 Å². The van der Waals surface area contributed by atoms with Gasteiger partial charge in [0.2, 0.25) is 0 Å². The molecule has 0 aliphatic rings. The first-order chi connectivity index (χ1) is 12.6. The molecule has 1 aromatic heterocycles. The smallest absolute Gasteiger partial charge is 0.0722 e. The standard InChI is InChI=1S/C25H30N2/c1-24(2,3)18-10-13-20(14-11-18)27-23-15-12-19(25(4,5)6)17-21(23)22-9-7-8-16-26-22/h7-17,27H,1-6H3. The van der Waals surface area contributed by atoms with E-state index >= 15 is 0 Å². The van der Waals surface area contributed by atoms with Crippen molar-refractivity contribution in [1.82, 2.24) is 4.98 Å². The van der Waals surface area contributed by atoms with E-state index in [9.17, 15) is 0 Å². The molecule has 0 aliphatic carbocycles. The molecule has 1 heterocycles. The molecule has 1 N–H and O–H groups in total. The highest BCUT2D eigenvalue weighted by atomic mass is 14.9. The molecule has 0 unspecified atom stereocenters. The zero-order valence-electron chi connectivity index (χ0n) is 17.3. The number of hydrogen-bond donors (Lipinski definition) is 1. The fourth-order valence-electron chi connectivity index (χ4n) is 3.06. The van der Waals surface area contributed by atoms with Crippen LogP contribution >= 0.6 is 0 Å². The van der Waals surface area contributed by atoms with E-state index in [0.717, 1.165) is 22.6 Å². The van der Waals surface area contributed by atoms with Gasteiger partial charge in [-0.2, -0.15) is 0 Å². The summed E-state index contributed by atoms with van der Waals surface area (Å²) in [5.74, 6) is 0. The molecule has 0 fully saturated rings. The van der Waals surface area contributed by atoms with Crippen LogP contribution < -0.4 is 5.32 Å². The molecule has 3 rings (SSSR count). The van der Waals surface area contributed by atoms with Crippen molar-refractivity contribution in [1.29, 1.82) is 0 Å². The summed E-state index contributed by atoms with van der Waals surface area (Å²) in [7, 11) is 0. The summed E-state index contributed by atoms with van der Waals surface area (Å²) in [6.45, 7) is 13.4. The lowest BCUT2D eigenvalue weighted by Gasteiger charge is -2.22. The molecular weight excluding hydrogens is 328 g/mol. The normalized spacial score (nSPS) is 12.1. The van der Waals surface area contributed by atoms with Crippen LogP contribution in [0.2, 0.25) is 0 Å². The van der Waals surface area contributed by atoms with Crippen LogP contribution in [0.1, 0.15) is 52.7 Å². The summed E-state index contributed by atoms with van der Waals surface area (Å²) < 4.78 is 0. The van der Waals surface area contributed by atoms with Crippen molar-refractivity contribution in [2.45, 2.75) is 52.4 Å². The second kappa shape index (κ2) is 7.19. The molecule has 27 heavy (non-hydrogen) atoms. The van der Waals surface area contributed by atoms with Crippen molar-refractivity contribution in [2.24, 2.45) is 0 Å². The van der Waals surface area contributed by atoms with Crippen molar-refractivity contribution in [2.75, 3.05) is 5.32 Å². The number of rotatable bonds is 3. The molecule has 0 spiro atoms. The number of nitrogens with zero attached hydrogens (tertiary/aromatic N) is 1. The Morgan fingerprint density at radius 3 is 1.89 bits per heavy atom. The molecule has 0 saturated heterocycles. The lowest BCUT2D eigenvalue weighted by molar-refractivity contribution is 0.590. The van der Waals surface area contributed by atoms with Gasteiger partial charge in [-0.3, -0.25) is 4.98 Å². The van der Waals surface area contributed by atoms with Crippen molar-refractivity contribution < 1.29 is 0 Å². The molecule has 3 aromatic rings. The third-order valence-corrected chi connectivity index (χ3v) is 4.86. The van der Waals surface area contributed by atoms with Gasteiger partial charge in [0.25, 0.3) is 0 Å². The van der Waals surface area contributed by atoms with Gasteiger partial charge in [0, 0.05) is 23.1 Å². The number of aromatic nitrogens is 1. The first kappa shape index (κ1) is 19.2. The summed E-state index contributed by atoms with van der Waals surface area (Å²) in [6.07, 6.45) is 1.85. The van der Waals surface area contributed by atoms with Gasteiger partial charge in [0.1, 0.15) is 0 Å². The highest BCUT2D eigenvalue weighted by molar-refractivity contribution is 5.80. The Balaban J connectivity index is 2.00. The Hall–Kier alpha value is -2.61. The predicted octanol–water partition coefficient (Wildman–Crippen LogP) is 7.09. The molecule has 0 radical (unpaired) electrons. The monoisotopic (exact) mass is 358 g/mol. The van der Waals surface area contributed by atoms with Crippen molar-refractivity contribution in [3.8, 4) is 11.3 Å². The second-order valence-corrected chi connectivity index (χ2v) is 9.18. The van der Waals surface area contributed by atoms with Gasteiger partial charge >= 0.3 is 0 Å². The third-order valence-electron chi connectivity index (χ3n) is 4.86. The van der Waals surface area contributed by atoms with E-state index in [-0.39, 0.29) is 10.8 Å². The van der Waals surface area contributed by atoms with Gasteiger partial charge in [-0.1, -0.05) is 65.8 Å². The molecule has 0 saturated carbocycles.